The molecule has 0 aliphatic rings. The predicted octanol–water partition coefficient (Wildman–Crippen LogP) is 2.83. The van der Waals surface area contributed by atoms with E-state index in [9.17, 15) is 18.0 Å². The molecular formula is C12H23F3N2O2. The largest absolute Gasteiger partial charge is 0.444 e. The smallest absolute Gasteiger partial charge is 0.407 e. The lowest BCUT2D eigenvalue weighted by Gasteiger charge is -2.23. The molecule has 0 heterocycles. The highest BCUT2D eigenvalue weighted by Gasteiger charge is 2.30. The van der Waals surface area contributed by atoms with E-state index in [4.69, 9.17) is 4.74 Å². The second-order valence-corrected chi connectivity index (χ2v) is 5.67. The Kier molecular flexibility index (Phi) is 6.62. The van der Waals surface area contributed by atoms with Gasteiger partial charge >= 0.3 is 12.3 Å². The molecule has 1 amide bonds. The number of nitrogens with one attached hydrogen (secondary N) is 2. The minimum Gasteiger partial charge on any atom is -0.444 e. The summed E-state index contributed by atoms with van der Waals surface area (Å²) in [4.78, 5) is 11.3. The molecule has 0 fully saturated rings. The van der Waals surface area contributed by atoms with Crippen LogP contribution in [0, 0.1) is 0 Å². The van der Waals surface area contributed by atoms with Crippen molar-refractivity contribution in [1.82, 2.24) is 10.6 Å². The highest BCUT2D eigenvalue weighted by Crippen LogP contribution is 2.21. The van der Waals surface area contributed by atoms with Crippen LogP contribution in [0.4, 0.5) is 18.0 Å². The van der Waals surface area contributed by atoms with E-state index in [2.05, 4.69) is 10.6 Å². The molecule has 0 aromatic heterocycles. The van der Waals surface area contributed by atoms with Gasteiger partial charge in [0.25, 0.3) is 0 Å². The third kappa shape index (κ3) is 11.8. The maximum Gasteiger partial charge on any atom is 0.407 e. The van der Waals surface area contributed by atoms with Crippen LogP contribution in [0.5, 0.6) is 0 Å². The number of ether oxygens (including phenoxy) is 1. The maximum atomic E-state index is 12.1. The molecular weight excluding hydrogens is 261 g/mol. The van der Waals surface area contributed by atoms with Crippen LogP contribution in [0.25, 0.3) is 0 Å². The Morgan fingerprint density at radius 3 is 2.11 bits per heavy atom. The molecule has 0 aromatic carbocycles. The quantitative estimate of drug-likeness (QED) is 0.816. The fraction of sp³-hybridized carbons (Fsp3) is 0.917. The summed E-state index contributed by atoms with van der Waals surface area (Å²) < 4.78 is 41.4. The summed E-state index contributed by atoms with van der Waals surface area (Å²) in [6, 6.07) is -0.972. The summed E-state index contributed by atoms with van der Waals surface area (Å²) in [6.45, 7) is 8.57. The van der Waals surface area contributed by atoms with Gasteiger partial charge in [0.2, 0.25) is 0 Å². The van der Waals surface area contributed by atoms with Crippen molar-refractivity contribution >= 4 is 6.09 Å². The molecule has 0 aliphatic carbocycles. The standard InChI is InChI=1S/C12H23F3N2O2/c1-8(6-12(13,14)15)17-9(2)7-16-10(18)19-11(3,4)5/h8-9,17H,6-7H2,1-5H3,(H,16,18). The normalized spacial score (nSPS) is 15.8. The average molecular weight is 284 g/mol. The van der Waals surface area contributed by atoms with Crippen LogP contribution in [0.1, 0.15) is 41.0 Å². The first-order valence-corrected chi connectivity index (χ1v) is 6.18. The number of carbonyl (C=O) groups is 1. The Morgan fingerprint density at radius 2 is 1.68 bits per heavy atom. The summed E-state index contributed by atoms with van der Waals surface area (Å²) >= 11 is 0. The van der Waals surface area contributed by atoms with Crippen molar-refractivity contribution < 1.29 is 22.7 Å². The number of amides is 1. The molecule has 0 aliphatic heterocycles. The van der Waals surface area contributed by atoms with Gasteiger partial charge in [-0.3, -0.25) is 0 Å². The van der Waals surface area contributed by atoms with Gasteiger partial charge in [-0.15, -0.1) is 0 Å². The Balaban J connectivity index is 3.93. The van der Waals surface area contributed by atoms with E-state index in [1.807, 2.05) is 0 Å². The molecule has 7 heteroatoms. The van der Waals surface area contributed by atoms with Crippen molar-refractivity contribution in [3.8, 4) is 0 Å². The Labute approximate surface area is 112 Å². The van der Waals surface area contributed by atoms with Gasteiger partial charge in [0.15, 0.2) is 0 Å². The summed E-state index contributed by atoms with van der Waals surface area (Å²) in [5, 5.41) is 5.27. The number of hydrogen-bond donors (Lipinski definition) is 2. The molecule has 0 spiro atoms. The predicted molar refractivity (Wildman–Crippen MR) is 67.0 cm³/mol. The number of hydrogen-bond acceptors (Lipinski definition) is 3. The van der Waals surface area contributed by atoms with Crippen molar-refractivity contribution in [3.63, 3.8) is 0 Å². The molecule has 2 unspecified atom stereocenters. The lowest BCUT2D eigenvalue weighted by molar-refractivity contribution is -0.139. The Hall–Kier alpha value is -0.980. The molecule has 0 saturated heterocycles. The van der Waals surface area contributed by atoms with Crippen molar-refractivity contribution in [2.45, 2.75) is 64.9 Å². The second-order valence-electron chi connectivity index (χ2n) is 5.67. The molecule has 2 atom stereocenters. The van der Waals surface area contributed by atoms with Gasteiger partial charge in [-0.05, 0) is 34.6 Å². The van der Waals surface area contributed by atoms with E-state index in [-0.39, 0.29) is 12.6 Å². The topological polar surface area (TPSA) is 50.4 Å². The average Bonchev–Trinajstić information content (AvgIpc) is 2.08. The molecule has 114 valence electrons. The first-order chi connectivity index (χ1) is 8.39. The number of alkyl carbamates (subject to hydrolysis) is 1. The van der Waals surface area contributed by atoms with Gasteiger partial charge in [-0.25, -0.2) is 4.79 Å². The van der Waals surface area contributed by atoms with E-state index < -0.39 is 30.3 Å². The van der Waals surface area contributed by atoms with E-state index in [0.717, 1.165) is 0 Å². The summed E-state index contributed by atoms with van der Waals surface area (Å²) in [5.74, 6) is 0. The van der Waals surface area contributed by atoms with Crippen molar-refractivity contribution in [1.29, 1.82) is 0 Å². The number of alkyl halides is 3. The molecule has 19 heavy (non-hydrogen) atoms. The molecule has 0 bridgehead atoms. The van der Waals surface area contributed by atoms with Gasteiger partial charge in [0.05, 0.1) is 6.42 Å². The van der Waals surface area contributed by atoms with Crippen LogP contribution in [0.2, 0.25) is 0 Å². The van der Waals surface area contributed by atoms with E-state index in [0.29, 0.717) is 0 Å². The summed E-state index contributed by atoms with van der Waals surface area (Å²) in [7, 11) is 0. The van der Waals surface area contributed by atoms with Gasteiger partial charge < -0.3 is 15.4 Å². The minimum absolute atomic E-state index is 0.205. The molecule has 0 aromatic rings. The molecule has 4 nitrogen and oxygen atoms in total. The third-order valence-electron chi connectivity index (χ3n) is 2.06. The van der Waals surface area contributed by atoms with Crippen molar-refractivity contribution in [2.24, 2.45) is 0 Å². The molecule has 0 rings (SSSR count). The first-order valence-electron chi connectivity index (χ1n) is 6.18. The van der Waals surface area contributed by atoms with E-state index in [1.54, 1.807) is 27.7 Å². The third-order valence-corrected chi connectivity index (χ3v) is 2.06. The Morgan fingerprint density at radius 1 is 1.16 bits per heavy atom. The maximum absolute atomic E-state index is 12.1. The van der Waals surface area contributed by atoms with E-state index >= 15 is 0 Å². The van der Waals surface area contributed by atoms with E-state index in [1.165, 1.54) is 6.92 Å². The first kappa shape index (κ1) is 18.0. The highest BCUT2D eigenvalue weighted by atomic mass is 19.4. The van der Waals surface area contributed by atoms with Crippen LogP contribution in [-0.4, -0.2) is 36.5 Å². The highest BCUT2D eigenvalue weighted by molar-refractivity contribution is 5.67. The molecule has 0 radical (unpaired) electrons. The number of carbonyl (C=O) groups excluding carboxylic acids is 1. The van der Waals surface area contributed by atoms with Crippen LogP contribution in [0.15, 0.2) is 0 Å². The zero-order valence-corrected chi connectivity index (χ0v) is 12.0. The zero-order valence-electron chi connectivity index (χ0n) is 12.0. The zero-order chi connectivity index (χ0) is 15.3. The number of halogens is 3. The lowest BCUT2D eigenvalue weighted by atomic mass is 10.2. The van der Waals surface area contributed by atoms with Crippen molar-refractivity contribution in [3.05, 3.63) is 0 Å². The van der Waals surface area contributed by atoms with Gasteiger partial charge in [-0.1, -0.05) is 0 Å². The Bertz CT molecular complexity index is 288. The van der Waals surface area contributed by atoms with Crippen molar-refractivity contribution in [2.75, 3.05) is 6.54 Å². The van der Waals surface area contributed by atoms with Gasteiger partial charge in [0.1, 0.15) is 5.60 Å². The van der Waals surface area contributed by atoms with Crippen LogP contribution in [0.3, 0.4) is 0 Å². The minimum atomic E-state index is -4.19. The monoisotopic (exact) mass is 284 g/mol. The van der Waals surface area contributed by atoms with Gasteiger partial charge in [-0.2, -0.15) is 13.2 Å². The SMILES string of the molecule is CC(CNC(=O)OC(C)(C)C)NC(C)CC(F)(F)F. The lowest BCUT2D eigenvalue weighted by Crippen LogP contribution is -2.45. The van der Waals surface area contributed by atoms with Crippen LogP contribution in [-0.2, 0) is 4.74 Å². The summed E-state index contributed by atoms with van der Waals surface area (Å²) in [6.07, 6.45) is -5.67. The molecule has 2 N–H and O–H groups in total. The number of rotatable bonds is 5. The molecule has 0 saturated carbocycles. The summed E-state index contributed by atoms with van der Waals surface area (Å²) in [5.41, 5.74) is -0.593. The van der Waals surface area contributed by atoms with Crippen LogP contribution >= 0.6 is 0 Å². The fourth-order valence-electron chi connectivity index (χ4n) is 1.50. The van der Waals surface area contributed by atoms with Crippen LogP contribution < -0.4 is 10.6 Å². The fourth-order valence-corrected chi connectivity index (χ4v) is 1.50. The second kappa shape index (κ2) is 6.98. The van der Waals surface area contributed by atoms with Gasteiger partial charge in [0, 0.05) is 18.6 Å².